The molecule has 0 unspecified atom stereocenters. The number of halogens is 1. The first-order chi connectivity index (χ1) is 14.7. The van der Waals surface area contributed by atoms with Crippen LogP contribution in [-0.4, -0.2) is 34.0 Å². The molecular weight excluding hydrogens is 406 g/mol. The van der Waals surface area contributed by atoms with Crippen molar-refractivity contribution in [3.63, 3.8) is 0 Å². The first-order valence-electron chi connectivity index (χ1n) is 13.5. The third-order valence-corrected chi connectivity index (χ3v) is 12.6. The van der Waals surface area contributed by atoms with Gasteiger partial charge in [0, 0.05) is 12.5 Å². The molecule has 12 atom stereocenters. The number of nitrogens with zero attached hydrogens (tertiary/aromatic N) is 1. The van der Waals surface area contributed by atoms with Gasteiger partial charge in [0.15, 0.2) is 0 Å². The number of ether oxygens (including phenoxy) is 1. The van der Waals surface area contributed by atoms with Crippen LogP contribution >= 0.6 is 11.8 Å². The third kappa shape index (κ3) is 2.82. The lowest BCUT2D eigenvalue weighted by molar-refractivity contribution is -0.167. The molecule has 3 nitrogen and oxygen atoms in total. The summed E-state index contributed by atoms with van der Waals surface area (Å²) in [6.45, 7) is 11.0. The van der Waals surface area contributed by atoms with E-state index in [4.69, 9.17) is 16.5 Å². The van der Waals surface area contributed by atoms with Crippen LogP contribution in [0.2, 0.25) is 0 Å². The Labute approximate surface area is 194 Å². The zero-order valence-electron chi connectivity index (χ0n) is 20.2. The SMILES string of the molecule is C[C@H]1CC[C@@]2(O[C@H]3C[C@H]4[C@@H]5CC[C@H]6C[C@@H](O)CC[C@]6(C)[C@H]5CC[C@]4(C)[C@H]3[C@@H]2C)N(Cl)C1. The minimum Gasteiger partial charge on any atom is -0.393 e. The summed E-state index contributed by atoms with van der Waals surface area (Å²) in [7, 11) is 0. The molecule has 6 aliphatic rings. The highest BCUT2D eigenvalue weighted by atomic mass is 35.5. The molecule has 6 rings (SSSR count). The predicted octanol–water partition coefficient (Wildman–Crippen LogP) is 6.23. The molecule has 31 heavy (non-hydrogen) atoms. The molecule has 1 N–H and O–H groups in total. The second-order valence-electron chi connectivity index (χ2n) is 13.4. The van der Waals surface area contributed by atoms with Crippen LogP contribution in [0.5, 0.6) is 0 Å². The summed E-state index contributed by atoms with van der Waals surface area (Å²) in [4.78, 5) is 0. The smallest absolute Gasteiger partial charge is 0.138 e. The van der Waals surface area contributed by atoms with Gasteiger partial charge < -0.3 is 9.84 Å². The van der Waals surface area contributed by atoms with Gasteiger partial charge in [-0.05, 0) is 122 Å². The van der Waals surface area contributed by atoms with Crippen LogP contribution in [0.25, 0.3) is 0 Å². The molecule has 0 bridgehead atoms. The van der Waals surface area contributed by atoms with Gasteiger partial charge in [-0.2, -0.15) is 4.42 Å². The van der Waals surface area contributed by atoms with Crippen molar-refractivity contribution >= 4 is 11.8 Å². The van der Waals surface area contributed by atoms with E-state index in [0.717, 1.165) is 49.5 Å². The summed E-state index contributed by atoms with van der Waals surface area (Å²) in [5.41, 5.74) is 0.644. The summed E-state index contributed by atoms with van der Waals surface area (Å²) < 4.78 is 9.11. The van der Waals surface area contributed by atoms with Crippen LogP contribution in [0.4, 0.5) is 0 Å². The maximum atomic E-state index is 10.3. The number of hydrogen-bond acceptors (Lipinski definition) is 3. The molecule has 4 saturated carbocycles. The van der Waals surface area contributed by atoms with Crippen LogP contribution in [0.15, 0.2) is 0 Å². The highest BCUT2D eigenvalue weighted by molar-refractivity contribution is 6.13. The number of fused-ring (bicyclic) bond motifs is 7. The summed E-state index contributed by atoms with van der Waals surface area (Å²) in [5, 5.41) is 10.3. The van der Waals surface area contributed by atoms with E-state index in [2.05, 4.69) is 32.1 Å². The fraction of sp³-hybridized carbons (Fsp3) is 1.00. The second-order valence-corrected chi connectivity index (χ2v) is 13.8. The standard InChI is InChI=1S/C27H44ClNO2/c1-16-7-12-27(29(28)15-16)17(2)24-23(31-27)14-22-20-6-5-18-13-19(30)8-10-25(18,3)21(20)9-11-26(22,24)4/h16-24,30H,5-15H2,1-4H3/t16-,17-,18-,19-,20+,21-,22-,23-,24-,25-,26-,27-/m0/s1. The van der Waals surface area contributed by atoms with Gasteiger partial charge in [0.25, 0.3) is 0 Å². The van der Waals surface area contributed by atoms with Crippen LogP contribution in [0.1, 0.15) is 91.9 Å². The fourth-order valence-electron chi connectivity index (χ4n) is 10.6. The molecule has 0 aromatic heterocycles. The molecule has 2 saturated heterocycles. The Balaban J connectivity index is 1.27. The van der Waals surface area contributed by atoms with Gasteiger partial charge in [-0.3, -0.25) is 0 Å². The zero-order chi connectivity index (χ0) is 21.8. The van der Waals surface area contributed by atoms with Crippen molar-refractivity contribution in [1.29, 1.82) is 0 Å². The van der Waals surface area contributed by atoms with Crippen molar-refractivity contribution in [2.45, 2.75) is 110 Å². The summed E-state index contributed by atoms with van der Waals surface area (Å²) in [6, 6.07) is 0. The monoisotopic (exact) mass is 449 g/mol. The second kappa shape index (κ2) is 7.09. The molecule has 0 radical (unpaired) electrons. The lowest BCUT2D eigenvalue weighted by Crippen LogP contribution is -2.56. The van der Waals surface area contributed by atoms with Gasteiger partial charge in [0.2, 0.25) is 0 Å². The van der Waals surface area contributed by atoms with Gasteiger partial charge in [0.05, 0.1) is 12.2 Å². The van der Waals surface area contributed by atoms with Crippen molar-refractivity contribution < 1.29 is 9.84 Å². The number of rotatable bonds is 0. The molecule has 2 aliphatic heterocycles. The molecule has 176 valence electrons. The van der Waals surface area contributed by atoms with E-state index >= 15 is 0 Å². The Morgan fingerprint density at radius 1 is 0.903 bits per heavy atom. The quantitative estimate of drug-likeness (QED) is 0.444. The number of hydrogen-bond donors (Lipinski definition) is 1. The maximum absolute atomic E-state index is 10.3. The third-order valence-electron chi connectivity index (χ3n) is 12.2. The van der Waals surface area contributed by atoms with Gasteiger partial charge >= 0.3 is 0 Å². The van der Waals surface area contributed by atoms with Gasteiger partial charge in [-0.15, -0.1) is 0 Å². The maximum Gasteiger partial charge on any atom is 0.138 e. The topological polar surface area (TPSA) is 32.7 Å². The van der Waals surface area contributed by atoms with Crippen LogP contribution in [0.3, 0.4) is 0 Å². The Morgan fingerprint density at radius 2 is 1.68 bits per heavy atom. The van der Waals surface area contributed by atoms with E-state index < -0.39 is 0 Å². The Morgan fingerprint density at radius 3 is 2.45 bits per heavy atom. The van der Waals surface area contributed by atoms with Crippen LogP contribution in [0, 0.1) is 52.3 Å². The summed E-state index contributed by atoms with van der Waals surface area (Å²) in [6.07, 6.45) is 12.8. The van der Waals surface area contributed by atoms with E-state index in [1.165, 1.54) is 44.9 Å². The van der Waals surface area contributed by atoms with E-state index in [1.54, 1.807) is 0 Å². The number of piperidine rings is 1. The lowest BCUT2D eigenvalue weighted by Gasteiger charge is -2.61. The molecule has 1 spiro atoms. The van der Waals surface area contributed by atoms with Crippen LogP contribution in [-0.2, 0) is 4.74 Å². The molecule has 4 aliphatic carbocycles. The van der Waals surface area contributed by atoms with Gasteiger partial charge in [-0.25, -0.2) is 0 Å². The van der Waals surface area contributed by atoms with Crippen molar-refractivity contribution in [3.05, 3.63) is 0 Å². The average molecular weight is 450 g/mol. The Bertz CT molecular complexity index is 732. The molecular formula is C27H44ClNO2. The fourth-order valence-corrected chi connectivity index (χ4v) is 11.1. The van der Waals surface area contributed by atoms with E-state index in [-0.39, 0.29) is 11.8 Å². The van der Waals surface area contributed by atoms with E-state index in [0.29, 0.717) is 34.7 Å². The molecule has 0 aromatic carbocycles. The highest BCUT2D eigenvalue weighted by Crippen LogP contribution is 2.71. The summed E-state index contributed by atoms with van der Waals surface area (Å²) >= 11 is 6.91. The molecule has 2 heterocycles. The Kier molecular flexibility index (Phi) is 4.96. The van der Waals surface area contributed by atoms with Crippen molar-refractivity contribution in [1.82, 2.24) is 4.42 Å². The van der Waals surface area contributed by atoms with E-state index in [9.17, 15) is 5.11 Å². The van der Waals surface area contributed by atoms with Crippen molar-refractivity contribution in [2.24, 2.45) is 52.3 Å². The minimum absolute atomic E-state index is 0.0449. The van der Waals surface area contributed by atoms with Crippen LogP contribution < -0.4 is 0 Å². The first-order valence-corrected chi connectivity index (χ1v) is 13.8. The first kappa shape index (κ1) is 21.7. The predicted molar refractivity (Wildman–Crippen MR) is 124 cm³/mol. The molecule has 4 heteroatoms. The largest absolute Gasteiger partial charge is 0.393 e. The van der Waals surface area contributed by atoms with Crippen molar-refractivity contribution in [2.75, 3.05) is 6.54 Å². The lowest BCUT2D eigenvalue weighted by atomic mass is 9.44. The molecule has 0 aromatic rings. The highest BCUT2D eigenvalue weighted by Gasteiger charge is 2.69. The minimum atomic E-state index is -0.225. The zero-order valence-corrected chi connectivity index (χ0v) is 20.9. The average Bonchev–Trinajstić information content (AvgIpc) is 3.17. The normalized spacial score (nSPS) is 61.5. The van der Waals surface area contributed by atoms with Gasteiger partial charge in [-0.1, -0.05) is 27.7 Å². The van der Waals surface area contributed by atoms with Crippen molar-refractivity contribution in [3.8, 4) is 0 Å². The number of aliphatic hydroxyl groups is 1. The number of aliphatic hydroxyl groups excluding tert-OH is 1. The summed E-state index contributed by atoms with van der Waals surface area (Å²) in [5.74, 6) is 5.14. The molecule has 6 fully saturated rings. The van der Waals surface area contributed by atoms with E-state index in [1.807, 2.05) is 0 Å². The Hall–Kier alpha value is 0.170. The van der Waals surface area contributed by atoms with Gasteiger partial charge in [0.1, 0.15) is 5.72 Å². The molecule has 0 amide bonds.